The van der Waals surface area contributed by atoms with E-state index in [1.165, 1.54) is 0 Å². The molecule has 0 radical (unpaired) electrons. The van der Waals surface area contributed by atoms with Crippen LogP contribution in [0.5, 0.6) is 5.75 Å². The molecule has 3 rings (SSSR count). The Morgan fingerprint density at radius 2 is 2.17 bits per heavy atom. The number of ether oxygens (including phenoxy) is 1. The predicted molar refractivity (Wildman–Crippen MR) is 87.6 cm³/mol. The summed E-state index contributed by atoms with van der Waals surface area (Å²) in [5.41, 5.74) is 1.35. The van der Waals surface area contributed by atoms with Crippen molar-refractivity contribution in [2.24, 2.45) is 7.05 Å². The Morgan fingerprint density at radius 3 is 2.88 bits per heavy atom. The normalized spacial score (nSPS) is 12.0. The van der Waals surface area contributed by atoms with Crippen molar-refractivity contribution in [2.45, 2.75) is 13.0 Å². The standard InChI is InChI=1S/C17H18N4O3/c1-11(18-16(22)14-8-5-9-21(14)2)17-19-15(20-24-17)12-6-4-7-13(10-12)23-3/h4-11H,1-3H3,(H,18,22). The highest BCUT2D eigenvalue weighted by molar-refractivity contribution is 5.92. The summed E-state index contributed by atoms with van der Waals surface area (Å²) < 4.78 is 12.2. The van der Waals surface area contributed by atoms with Crippen molar-refractivity contribution in [1.82, 2.24) is 20.0 Å². The second kappa shape index (κ2) is 6.57. The van der Waals surface area contributed by atoms with Gasteiger partial charge in [0.1, 0.15) is 17.5 Å². The third kappa shape index (κ3) is 3.15. The maximum Gasteiger partial charge on any atom is 0.268 e. The van der Waals surface area contributed by atoms with Crippen LogP contribution in [0.2, 0.25) is 0 Å². The van der Waals surface area contributed by atoms with Crippen LogP contribution in [-0.4, -0.2) is 27.7 Å². The first-order valence-electron chi connectivity index (χ1n) is 7.48. The molecule has 0 aliphatic carbocycles. The van der Waals surface area contributed by atoms with Gasteiger partial charge in [0.15, 0.2) is 0 Å². The van der Waals surface area contributed by atoms with Crippen LogP contribution < -0.4 is 10.1 Å². The van der Waals surface area contributed by atoms with Crippen molar-refractivity contribution < 1.29 is 14.1 Å². The monoisotopic (exact) mass is 326 g/mol. The topological polar surface area (TPSA) is 82.2 Å². The third-order valence-corrected chi connectivity index (χ3v) is 3.66. The van der Waals surface area contributed by atoms with Gasteiger partial charge in [-0.2, -0.15) is 4.98 Å². The summed E-state index contributed by atoms with van der Waals surface area (Å²) in [5, 5.41) is 6.82. The van der Waals surface area contributed by atoms with E-state index in [1.807, 2.05) is 43.6 Å². The molecule has 3 aromatic rings. The molecule has 1 amide bonds. The van der Waals surface area contributed by atoms with Crippen molar-refractivity contribution >= 4 is 5.91 Å². The van der Waals surface area contributed by atoms with Gasteiger partial charge < -0.3 is 19.1 Å². The van der Waals surface area contributed by atoms with Crippen LogP contribution in [0.4, 0.5) is 0 Å². The fourth-order valence-electron chi connectivity index (χ4n) is 2.32. The zero-order valence-corrected chi connectivity index (χ0v) is 13.7. The maximum absolute atomic E-state index is 12.2. The van der Waals surface area contributed by atoms with Crippen molar-refractivity contribution in [3.05, 3.63) is 54.2 Å². The fraction of sp³-hybridized carbons (Fsp3) is 0.235. The van der Waals surface area contributed by atoms with E-state index < -0.39 is 6.04 Å². The van der Waals surface area contributed by atoms with Crippen LogP contribution in [-0.2, 0) is 7.05 Å². The zero-order valence-electron chi connectivity index (χ0n) is 13.7. The third-order valence-electron chi connectivity index (χ3n) is 3.66. The number of nitrogens with one attached hydrogen (secondary N) is 1. The minimum atomic E-state index is -0.403. The second-order valence-corrected chi connectivity index (χ2v) is 5.39. The molecule has 0 spiro atoms. The van der Waals surface area contributed by atoms with Gasteiger partial charge in [0, 0.05) is 18.8 Å². The van der Waals surface area contributed by atoms with Crippen molar-refractivity contribution in [2.75, 3.05) is 7.11 Å². The molecule has 2 heterocycles. The predicted octanol–water partition coefficient (Wildman–Crippen LogP) is 2.57. The fourth-order valence-corrected chi connectivity index (χ4v) is 2.32. The van der Waals surface area contributed by atoms with E-state index in [0.717, 1.165) is 5.56 Å². The number of aromatic nitrogens is 3. The lowest BCUT2D eigenvalue weighted by Gasteiger charge is -2.10. The van der Waals surface area contributed by atoms with Gasteiger partial charge in [-0.3, -0.25) is 4.79 Å². The van der Waals surface area contributed by atoms with Gasteiger partial charge in [0.25, 0.3) is 5.91 Å². The van der Waals surface area contributed by atoms with Gasteiger partial charge in [0.05, 0.1) is 7.11 Å². The lowest BCUT2D eigenvalue weighted by atomic mass is 10.2. The lowest BCUT2D eigenvalue weighted by Crippen LogP contribution is -2.28. The van der Waals surface area contributed by atoms with Gasteiger partial charge in [0.2, 0.25) is 11.7 Å². The number of hydrogen-bond acceptors (Lipinski definition) is 5. The molecule has 1 unspecified atom stereocenters. The van der Waals surface area contributed by atoms with Gasteiger partial charge in [-0.25, -0.2) is 0 Å². The van der Waals surface area contributed by atoms with E-state index in [4.69, 9.17) is 9.26 Å². The summed E-state index contributed by atoms with van der Waals surface area (Å²) in [6.45, 7) is 1.80. The Hall–Kier alpha value is -3.09. The van der Waals surface area contributed by atoms with E-state index in [-0.39, 0.29) is 5.91 Å². The molecule has 24 heavy (non-hydrogen) atoms. The van der Waals surface area contributed by atoms with Gasteiger partial charge in [-0.05, 0) is 31.2 Å². The minimum absolute atomic E-state index is 0.198. The Kier molecular flexibility index (Phi) is 4.33. The summed E-state index contributed by atoms with van der Waals surface area (Å²) in [5.74, 6) is 1.30. The number of hydrogen-bond donors (Lipinski definition) is 1. The molecule has 0 saturated carbocycles. The maximum atomic E-state index is 12.2. The van der Waals surface area contributed by atoms with E-state index in [2.05, 4.69) is 15.5 Å². The number of aryl methyl sites for hydroxylation is 1. The number of nitrogens with zero attached hydrogens (tertiary/aromatic N) is 3. The Morgan fingerprint density at radius 1 is 1.33 bits per heavy atom. The minimum Gasteiger partial charge on any atom is -0.497 e. The van der Waals surface area contributed by atoms with Crippen molar-refractivity contribution in [1.29, 1.82) is 0 Å². The molecular formula is C17H18N4O3. The summed E-state index contributed by atoms with van der Waals surface area (Å²) in [7, 11) is 3.41. The van der Waals surface area contributed by atoms with Gasteiger partial charge in [-0.1, -0.05) is 17.3 Å². The average Bonchev–Trinajstić information content (AvgIpc) is 3.24. The molecule has 1 atom stereocenters. The molecule has 0 aliphatic rings. The first-order valence-corrected chi connectivity index (χ1v) is 7.48. The van der Waals surface area contributed by atoms with Gasteiger partial charge >= 0.3 is 0 Å². The summed E-state index contributed by atoms with van der Waals surface area (Å²) in [4.78, 5) is 16.6. The molecule has 0 aliphatic heterocycles. The lowest BCUT2D eigenvalue weighted by molar-refractivity contribution is 0.0924. The highest BCUT2D eigenvalue weighted by Crippen LogP contribution is 2.22. The molecule has 7 nitrogen and oxygen atoms in total. The first-order chi connectivity index (χ1) is 11.6. The quantitative estimate of drug-likeness (QED) is 0.779. The SMILES string of the molecule is COc1cccc(-c2noc(C(C)NC(=O)c3cccn3C)n2)c1. The molecule has 0 fully saturated rings. The van der Waals surface area contributed by atoms with Crippen LogP contribution in [0.3, 0.4) is 0 Å². The number of carbonyl (C=O) groups is 1. The Balaban J connectivity index is 1.75. The molecule has 7 heteroatoms. The molecule has 1 N–H and O–H groups in total. The number of rotatable bonds is 5. The highest BCUT2D eigenvalue weighted by Gasteiger charge is 2.19. The van der Waals surface area contributed by atoms with Crippen LogP contribution >= 0.6 is 0 Å². The molecule has 1 aromatic carbocycles. The largest absolute Gasteiger partial charge is 0.497 e. The Bertz CT molecular complexity index is 853. The van der Waals surface area contributed by atoms with Crippen LogP contribution in [0, 0.1) is 0 Å². The number of amides is 1. The summed E-state index contributed by atoms with van der Waals surface area (Å²) in [6, 6.07) is 10.5. The van der Waals surface area contributed by atoms with E-state index >= 15 is 0 Å². The summed E-state index contributed by atoms with van der Waals surface area (Å²) >= 11 is 0. The molecule has 0 saturated heterocycles. The van der Waals surface area contributed by atoms with Crippen molar-refractivity contribution in [3.63, 3.8) is 0 Å². The Labute approximate surface area is 139 Å². The number of benzene rings is 1. The zero-order chi connectivity index (χ0) is 17.1. The van der Waals surface area contributed by atoms with Crippen LogP contribution in [0.1, 0.15) is 29.3 Å². The number of carbonyl (C=O) groups excluding carboxylic acids is 1. The molecule has 2 aromatic heterocycles. The van der Waals surface area contributed by atoms with E-state index in [0.29, 0.717) is 23.2 Å². The van der Waals surface area contributed by atoms with Gasteiger partial charge in [-0.15, -0.1) is 0 Å². The highest BCUT2D eigenvalue weighted by atomic mass is 16.5. The second-order valence-electron chi connectivity index (χ2n) is 5.39. The van der Waals surface area contributed by atoms with E-state index in [1.54, 1.807) is 24.7 Å². The summed E-state index contributed by atoms with van der Waals surface area (Å²) in [6.07, 6.45) is 1.81. The number of methoxy groups -OCH3 is 1. The molecular weight excluding hydrogens is 308 g/mol. The first kappa shape index (κ1) is 15.8. The average molecular weight is 326 g/mol. The molecule has 124 valence electrons. The van der Waals surface area contributed by atoms with Crippen LogP contribution in [0.15, 0.2) is 47.1 Å². The van der Waals surface area contributed by atoms with E-state index in [9.17, 15) is 4.79 Å². The van der Waals surface area contributed by atoms with Crippen molar-refractivity contribution in [3.8, 4) is 17.1 Å². The molecule has 0 bridgehead atoms. The van der Waals surface area contributed by atoms with Crippen LogP contribution in [0.25, 0.3) is 11.4 Å². The smallest absolute Gasteiger partial charge is 0.268 e.